The first-order chi connectivity index (χ1) is 8.75. The molecule has 2 aromatic heterocycles. The number of rotatable bonds is 4. The fourth-order valence-electron chi connectivity index (χ4n) is 1.27. The maximum Gasteiger partial charge on any atom is 0.351 e. The number of nitrogens with zero attached hydrogens (tertiary/aromatic N) is 2. The van der Waals surface area contributed by atoms with E-state index in [4.69, 9.17) is 4.84 Å². The minimum Gasteiger partial charge on any atom is -0.340 e. The first-order valence-electron chi connectivity index (χ1n) is 5.29. The van der Waals surface area contributed by atoms with Gasteiger partial charge in [-0.05, 0) is 24.3 Å². The number of hydrogen-bond donors (Lipinski definition) is 1. The van der Waals surface area contributed by atoms with E-state index in [0.29, 0.717) is 0 Å². The molecule has 0 aliphatic rings. The van der Waals surface area contributed by atoms with Gasteiger partial charge in [-0.15, -0.1) is 0 Å². The zero-order valence-corrected chi connectivity index (χ0v) is 9.45. The van der Waals surface area contributed by atoms with Gasteiger partial charge in [0.2, 0.25) is 0 Å². The predicted octanol–water partition coefficient (Wildman–Crippen LogP) is 0.268. The second kappa shape index (κ2) is 5.62. The lowest BCUT2D eigenvalue weighted by atomic mass is 10.3. The van der Waals surface area contributed by atoms with E-state index in [0.717, 1.165) is 0 Å². The molecule has 0 atom stereocenters. The van der Waals surface area contributed by atoms with E-state index in [2.05, 4.69) is 10.3 Å². The molecule has 0 aromatic carbocycles. The second-order valence-corrected chi connectivity index (χ2v) is 3.40. The Balaban J connectivity index is 1.81. The Morgan fingerprint density at radius 3 is 2.67 bits per heavy atom. The molecule has 0 bridgehead atoms. The highest BCUT2D eigenvalue weighted by molar-refractivity contribution is 5.94. The van der Waals surface area contributed by atoms with Gasteiger partial charge in [0, 0.05) is 18.6 Å². The largest absolute Gasteiger partial charge is 0.351 e. The van der Waals surface area contributed by atoms with Crippen molar-refractivity contribution in [3.63, 3.8) is 0 Å². The molecule has 6 nitrogen and oxygen atoms in total. The number of nitrogens with one attached hydrogen (secondary N) is 1. The Morgan fingerprint density at radius 1 is 1.22 bits per heavy atom. The molecule has 0 unspecified atom stereocenters. The van der Waals surface area contributed by atoms with Crippen LogP contribution in [0.4, 0.5) is 0 Å². The first kappa shape index (κ1) is 11.8. The molecule has 0 saturated heterocycles. The van der Waals surface area contributed by atoms with Crippen LogP contribution in [0.2, 0.25) is 0 Å². The van der Waals surface area contributed by atoms with E-state index in [1.807, 2.05) is 0 Å². The molecule has 0 spiro atoms. The van der Waals surface area contributed by atoms with Crippen molar-refractivity contribution < 1.29 is 14.4 Å². The molecule has 0 saturated carbocycles. The van der Waals surface area contributed by atoms with E-state index < -0.39 is 11.9 Å². The number of aromatic nitrogens is 2. The van der Waals surface area contributed by atoms with Gasteiger partial charge in [-0.3, -0.25) is 9.78 Å². The lowest BCUT2D eigenvalue weighted by molar-refractivity contribution is -0.142. The van der Waals surface area contributed by atoms with Crippen LogP contribution < -0.4 is 10.2 Å². The molecular formula is C12H11N3O3. The van der Waals surface area contributed by atoms with Crippen LogP contribution in [0.5, 0.6) is 0 Å². The molecule has 2 rings (SSSR count). The van der Waals surface area contributed by atoms with Crippen LogP contribution in [0.3, 0.4) is 0 Å². The van der Waals surface area contributed by atoms with Crippen molar-refractivity contribution in [2.75, 3.05) is 6.54 Å². The molecule has 0 radical (unpaired) electrons. The number of amides is 1. The first-order valence-corrected chi connectivity index (χ1v) is 5.29. The third-order valence-electron chi connectivity index (χ3n) is 2.08. The van der Waals surface area contributed by atoms with Crippen molar-refractivity contribution in [3.8, 4) is 0 Å². The van der Waals surface area contributed by atoms with Crippen molar-refractivity contribution in [1.82, 2.24) is 15.0 Å². The third kappa shape index (κ3) is 3.18. The number of carbonyl (C=O) groups is 2. The zero-order valence-electron chi connectivity index (χ0n) is 9.45. The van der Waals surface area contributed by atoms with Crippen LogP contribution in [0, 0.1) is 0 Å². The lowest BCUT2D eigenvalue weighted by Gasteiger charge is -2.05. The van der Waals surface area contributed by atoms with Crippen molar-refractivity contribution in [3.05, 3.63) is 54.6 Å². The maximum atomic E-state index is 11.6. The zero-order chi connectivity index (χ0) is 12.8. The summed E-state index contributed by atoms with van der Waals surface area (Å²) in [5.41, 5.74) is 0.256. The van der Waals surface area contributed by atoms with Gasteiger partial charge in [-0.2, -0.15) is 4.73 Å². The predicted molar refractivity (Wildman–Crippen MR) is 62.6 cm³/mol. The molecule has 6 heteroatoms. The summed E-state index contributed by atoms with van der Waals surface area (Å²) in [6.45, 7) is -0.215. The van der Waals surface area contributed by atoms with E-state index in [1.54, 1.807) is 42.7 Å². The molecule has 1 amide bonds. The SMILES string of the molecule is O=C(CNC(=O)c1ccccn1)On1cccc1. The van der Waals surface area contributed by atoms with Gasteiger partial charge in [0.05, 0.1) is 0 Å². The van der Waals surface area contributed by atoms with Crippen LogP contribution in [0.25, 0.3) is 0 Å². The highest BCUT2D eigenvalue weighted by Gasteiger charge is 2.09. The van der Waals surface area contributed by atoms with Gasteiger partial charge < -0.3 is 10.2 Å². The highest BCUT2D eigenvalue weighted by atomic mass is 16.7. The van der Waals surface area contributed by atoms with Gasteiger partial charge in [0.1, 0.15) is 12.2 Å². The molecule has 1 N–H and O–H groups in total. The molecule has 0 fully saturated rings. The number of hydrogen-bond acceptors (Lipinski definition) is 4. The Bertz CT molecular complexity index is 523. The maximum absolute atomic E-state index is 11.6. The normalized spacial score (nSPS) is 9.78. The van der Waals surface area contributed by atoms with E-state index >= 15 is 0 Å². The van der Waals surface area contributed by atoms with Gasteiger partial charge in [-0.25, -0.2) is 4.79 Å². The van der Waals surface area contributed by atoms with E-state index in [9.17, 15) is 9.59 Å². The monoisotopic (exact) mass is 245 g/mol. The average Bonchev–Trinajstić information content (AvgIpc) is 2.90. The molecule has 0 aliphatic carbocycles. The summed E-state index contributed by atoms with van der Waals surface area (Å²) in [7, 11) is 0. The number of pyridine rings is 1. The van der Waals surface area contributed by atoms with E-state index in [1.165, 1.54) is 10.9 Å². The molecule has 18 heavy (non-hydrogen) atoms. The summed E-state index contributed by atoms with van der Waals surface area (Å²) in [4.78, 5) is 31.7. The van der Waals surface area contributed by atoms with Gasteiger partial charge in [0.15, 0.2) is 0 Å². The number of carbonyl (C=O) groups excluding carboxylic acids is 2. The lowest BCUT2D eigenvalue weighted by Crippen LogP contribution is -2.34. The van der Waals surface area contributed by atoms with E-state index in [-0.39, 0.29) is 12.2 Å². The van der Waals surface area contributed by atoms with Crippen molar-refractivity contribution in [2.45, 2.75) is 0 Å². The van der Waals surface area contributed by atoms with Crippen LogP contribution in [0.15, 0.2) is 48.9 Å². The van der Waals surface area contributed by atoms with Gasteiger partial charge >= 0.3 is 5.97 Å². The fraction of sp³-hybridized carbons (Fsp3) is 0.0833. The topological polar surface area (TPSA) is 73.2 Å². The molecular weight excluding hydrogens is 234 g/mol. The van der Waals surface area contributed by atoms with Crippen LogP contribution in [0.1, 0.15) is 10.5 Å². The third-order valence-corrected chi connectivity index (χ3v) is 2.08. The molecule has 0 aliphatic heterocycles. The Morgan fingerprint density at radius 2 is 2.00 bits per heavy atom. The smallest absolute Gasteiger partial charge is 0.340 e. The van der Waals surface area contributed by atoms with Crippen LogP contribution in [-0.4, -0.2) is 28.1 Å². The van der Waals surface area contributed by atoms with Crippen LogP contribution >= 0.6 is 0 Å². The highest BCUT2D eigenvalue weighted by Crippen LogP contribution is 1.92. The average molecular weight is 245 g/mol. The Hall–Kier alpha value is -2.63. The quantitative estimate of drug-likeness (QED) is 0.839. The van der Waals surface area contributed by atoms with Crippen molar-refractivity contribution in [1.29, 1.82) is 0 Å². The molecule has 2 aromatic rings. The molecule has 2 heterocycles. The standard InChI is InChI=1S/C12H11N3O3/c16-11(18-15-7-3-4-8-15)9-14-12(17)10-5-1-2-6-13-10/h1-8H,9H2,(H,14,17). The Labute approximate surface area is 103 Å². The second-order valence-electron chi connectivity index (χ2n) is 3.40. The van der Waals surface area contributed by atoms with Crippen molar-refractivity contribution >= 4 is 11.9 Å². The van der Waals surface area contributed by atoms with Crippen LogP contribution in [-0.2, 0) is 4.79 Å². The van der Waals surface area contributed by atoms with Crippen molar-refractivity contribution in [2.24, 2.45) is 0 Å². The fourth-order valence-corrected chi connectivity index (χ4v) is 1.27. The summed E-state index contributed by atoms with van der Waals surface area (Å²) in [5, 5.41) is 2.42. The summed E-state index contributed by atoms with van der Waals surface area (Å²) >= 11 is 0. The summed E-state index contributed by atoms with van der Waals surface area (Å²) in [6, 6.07) is 8.41. The summed E-state index contributed by atoms with van der Waals surface area (Å²) < 4.78 is 1.26. The Kier molecular flexibility index (Phi) is 3.70. The van der Waals surface area contributed by atoms with Gasteiger partial charge in [-0.1, -0.05) is 6.07 Å². The summed E-state index contributed by atoms with van der Waals surface area (Å²) in [5.74, 6) is -0.976. The summed E-state index contributed by atoms with van der Waals surface area (Å²) in [6.07, 6.45) is 4.67. The van der Waals surface area contributed by atoms with Gasteiger partial charge in [0.25, 0.3) is 5.91 Å². The minimum absolute atomic E-state index is 0.215. The molecule has 92 valence electrons. The minimum atomic E-state index is -0.560.